The maximum absolute atomic E-state index is 8.56. The molecule has 15 heavy (non-hydrogen) atoms. The van der Waals surface area contributed by atoms with Crippen molar-refractivity contribution in [2.75, 3.05) is 6.61 Å². The molecule has 0 fully saturated rings. The quantitative estimate of drug-likeness (QED) is 0.724. The molecule has 0 radical (unpaired) electrons. The SMILES string of the molecule is OCC#Cc1ccc(-c2cccs2)cc1. The predicted molar refractivity (Wildman–Crippen MR) is 63.7 cm³/mol. The lowest BCUT2D eigenvalue weighted by atomic mass is 10.1. The van der Waals surface area contributed by atoms with Crippen LogP contribution in [0, 0.1) is 11.8 Å². The van der Waals surface area contributed by atoms with Gasteiger partial charge in [0.1, 0.15) is 6.61 Å². The molecular weight excluding hydrogens is 204 g/mol. The fraction of sp³-hybridized carbons (Fsp3) is 0.0769. The molecule has 0 saturated heterocycles. The van der Waals surface area contributed by atoms with Crippen LogP contribution in [0.15, 0.2) is 41.8 Å². The first-order valence-corrected chi connectivity index (χ1v) is 5.52. The van der Waals surface area contributed by atoms with Crippen molar-refractivity contribution in [1.82, 2.24) is 0 Å². The Kier molecular flexibility index (Phi) is 3.18. The van der Waals surface area contributed by atoms with Gasteiger partial charge in [0.25, 0.3) is 0 Å². The molecule has 1 aromatic heterocycles. The van der Waals surface area contributed by atoms with Gasteiger partial charge < -0.3 is 5.11 Å². The summed E-state index contributed by atoms with van der Waals surface area (Å²) in [6.45, 7) is -0.0906. The van der Waals surface area contributed by atoms with E-state index in [1.54, 1.807) is 11.3 Å². The van der Waals surface area contributed by atoms with Crippen molar-refractivity contribution in [3.8, 4) is 22.3 Å². The zero-order valence-electron chi connectivity index (χ0n) is 8.10. The van der Waals surface area contributed by atoms with Gasteiger partial charge in [-0.3, -0.25) is 0 Å². The van der Waals surface area contributed by atoms with Crippen LogP contribution < -0.4 is 0 Å². The normalized spacial score (nSPS) is 9.40. The van der Waals surface area contributed by atoms with E-state index in [0.29, 0.717) is 0 Å². The summed E-state index contributed by atoms with van der Waals surface area (Å²) in [5.74, 6) is 5.50. The Bertz CT molecular complexity index is 471. The Morgan fingerprint density at radius 2 is 1.93 bits per heavy atom. The highest BCUT2D eigenvalue weighted by Gasteiger charge is 1.96. The predicted octanol–water partition coefficient (Wildman–Crippen LogP) is 2.76. The number of hydrogen-bond acceptors (Lipinski definition) is 2. The van der Waals surface area contributed by atoms with Crippen LogP contribution in [-0.2, 0) is 0 Å². The first kappa shape index (κ1) is 9.97. The Morgan fingerprint density at radius 3 is 2.53 bits per heavy atom. The summed E-state index contributed by atoms with van der Waals surface area (Å²) in [6.07, 6.45) is 0. The highest BCUT2D eigenvalue weighted by Crippen LogP contribution is 2.24. The third kappa shape index (κ3) is 2.47. The van der Waals surface area contributed by atoms with E-state index in [0.717, 1.165) is 5.56 Å². The van der Waals surface area contributed by atoms with Crippen LogP contribution in [0.5, 0.6) is 0 Å². The molecule has 0 amide bonds. The number of thiophene rings is 1. The summed E-state index contributed by atoms with van der Waals surface area (Å²) in [4.78, 5) is 1.26. The minimum atomic E-state index is -0.0906. The van der Waals surface area contributed by atoms with Crippen LogP contribution in [0.25, 0.3) is 10.4 Å². The van der Waals surface area contributed by atoms with E-state index >= 15 is 0 Å². The summed E-state index contributed by atoms with van der Waals surface area (Å²) < 4.78 is 0. The lowest BCUT2D eigenvalue weighted by Gasteiger charge is -1.96. The monoisotopic (exact) mass is 214 g/mol. The van der Waals surface area contributed by atoms with E-state index in [1.807, 2.05) is 30.3 Å². The largest absolute Gasteiger partial charge is 0.384 e. The third-order valence-electron chi connectivity index (χ3n) is 2.00. The van der Waals surface area contributed by atoms with Gasteiger partial charge in [-0.05, 0) is 29.1 Å². The van der Waals surface area contributed by atoms with Crippen LogP contribution in [0.4, 0.5) is 0 Å². The van der Waals surface area contributed by atoms with E-state index in [-0.39, 0.29) is 6.61 Å². The molecule has 0 spiro atoms. The molecule has 1 N–H and O–H groups in total. The van der Waals surface area contributed by atoms with Gasteiger partial charge in [-0.2, -0.15) is 0 Å². The van der Waals surface area contributed by atoms with Crippen LogP contribution in [-0.4, -0.2) is 11.7 Å². The number of benzene rings is 1. The molecule has 1 heterocycles. The van der Waals surface area contributed by atoms with Gasteiger partial charge in [-0.1, -0.05) is 30.0 Å². The van der Waals surface area contributed by atoms with Crippen molar-refractivity contribution < 1.29 is 5.11 Å². The van der Waals surface area contributed by atoms with Crippen LogP contribution in [0.1, 0.15) is 5.56 Å². The molecule has 1 aromatic carbocycles. The van der Waals surface area contributed by atoms with E-state index in [9.17, 15) is 0 Å². The second-order valence-corrected chi connectivity index (χ2v) is 3.96. The van der Waals surface area contributed by atoms with Gasteiger partial charge in [-0.15, -0.1) is 11.3 Å². The molecule has 2 heteroatoms. The van der Waals surface area contributed by atoms with Crippen molar-refractivity contribution in [1.29, 1.82) is 0 Å². The Labute approximate surface area is 93.0 Å². The summed E-state index contributed by atoms with van der Waals surface area (Å²) in [7, 11) is 0. The van der Waals surface area contributed by atoms with E-state index in [1.165, 1.54) is 10.4 Å². The van der Waals surface area contributed by atoms with E-state index < -0.39 is 0 Å². The van der Waals surface area contributed by atoms with Crippen LogP contribution in [0.3, 0.4) is 0 Å². The Hall–Kier alpha value is -1.56. The number of hydrogen-bond donors (Lipinski definition) is 1. The number of aliphatic hydroxyl groups excluding tert-OH is 1. The molecule has 0 unspecified atom stereocenters. The van der Waals surface area contributed by atoms with Crippen molar-refractivity contribution in [2.45, 2.75) is 0 Å². The zero-order valence-corrected chi connectivity index (χ0v) is 8.92. The fourth-order valence-corrected chi connectivity index (χ4v) is 2.04. The van der Waals surface area contributed by atoms with Gasteiger partial charge in [-0.25, -0.2) is 0 Å². The number of aliphatic hydroxyl groups is 1. The molecule has 0 aliphatic rings. The van der Waals surface area contributed by atoms with Gasteiger partial charge in [0, 0.05) is 10.4 Å². The highest BCUT2D eigenvalue weighted by atomic mass is 32.1. The standard InChI is InChI=1S/C13H10OS/c14-9-1-3-11-5-7-12(8-6-11)13-4-2-10-15-13/h2,4-8,10,14H,9H2. The molecular formula is C13H10OS. The molecule has 74 valence electrons. The van der Waals surface area contributed by atoms with Crippen molar-refractivity contribution in [3.05, 3.63) is 47.3 Å². The van der Waals surface area contributed by atoms with Gasteiger partial charge in [0.15, 0.2) is 0 Å². The average molecular weight is 214 g/mol. The van der Waals surface area contributed by atoms with E-state index in [2.05, 4.69) is 23.3 Å². The molecule has 1 nitrogen and oxygen atoms in total. The molecule has 2 rings (SSSR count). The first-order valence-electron chi connectivity index (χ1n) is 4.64. The smallest absolute Gasteiger partial charge is 0.104 e. The van der Waals surface area contributed by atoms with E-state index in [4.69, 9.17) is 5.11 Å². The molecule has 0 aliphatic carbocycles. The Morgan fingerprint density at radius 1 is 1.13 bits per heavy atom. The average Bonchev–Trinajstić information content (AvgIpc) is 2.80. The van der Waals surface area contributed by atoms with Gasteiger partial charge in [0.2, 0.25) is 0 Å². The zero-order chi connectivity index (χ0) is 10.5. The molecule has 0 aliphatic heterocycles. The lowest BCUT2D eigenvalue weighted by molar-refractivity contribution is 0.350. The maximum Gasteiger partial charge on any atom is 0.104 e. The van der Waals surface area contributed by atoms with Crippen molar-refractivity contribution in [3.63, 3.8) is 0 Å². The topological polar surface area (TPSA) is 20.2 Å². The maximum atomic E-state index is 8.56. The van der Waals surface area contributed by atoms with Gasteiger partial charge >= 0.3 is 0 Å². The molecule has 0 saturated carbocycles. The van der Waals surface area contributed by atoms with Crippen molar-refractivity contribution in [2.24, 2.45) is 0 Å². The van der Waals surface area contributed by atoms with Gasteiger partial charge in [0.05, 0.1) is 0 Å². The highest BCUT2D eigenvalue weighted by molar-refractivity contribution is 7.13. The number of rotatable bonds is 1. The first-order chi connectivity index (χ1) is 7.40. The second-order valence-electron chi connectivity index (χ2n) is 3.01. The molecule has 0 bridgehead atoms. The van der Waals surface area contributed by atoms with Crippen molar-refractivity contribution >= 4 is 11.3 Å². The van der Waals surface area contributed by atoms with Crippen LogP contribution >= 0.6 is 11.3 Å². The fourth-order valence-electron chi connectivity index (χ4n) is 1.30. The van der Waals surface area contributed by atoms with Crippen LogP contribution in [0.2, 0.25) is 0 Å². The minimum Gasteiger partial charge on any atom is -0.384 e. The molecule has 2 aromatic rings. The second kappa shape index (κ2) is 4.79. The third-order valence-corrected chi connectivity index (χ3v) is 2.92. The summed E-state index contributed by atoms with van der Waals surface area (Å²) in [5, 5.41) is 10.6. The Balaban J connectivity index is 2.25. The summed E-state index contributed by atoms with van der Waals surface area (Å²) in [5.41, 5.74) is 2.14. The summed E-state index contributed by atoms with van der Waals surface area (Å²) in [6, 6.07) is 12.2. The minimum absolute atomic E-state index is 0.0906. The summed E-state index contributed by atoms with van der Waals surface area (Å²) >= 11 is 1.72. The lowest BCUT2D eigenvalue weighted by Crippen LogP contribution is -1.77. The molecule has 0 atom stereocenters.